The highest BCUT2D eigenvalue weighted by Crippen LogP contribution is 1.86. The minimum Gasteiger partial charge on any atom is -0.101 e. The van der Waals surface area contributed by atoms with E-state index in [2.05, 4.69) is 13.0 Å². The molecule has 1 aromatic carbocycles. The largest absolute Gasteiger partial charge is 0.211 e. The Bertz CT molecular complexity index is 108. The Balaban J connectivity index is 0.000000187. The van der Waals surface area contributed by atoms with Crippen molar-refractivity contribution < 1.29 is 0 Å². The number of unbranched alkanes of at least 4 members (excludes halogenated alkanes) is 1. The molecule has 1 aromatic rings. The van der Waals surface area contributed by atoms with Crippen LogP contribution in [-0.2, 0) is 0 Å². The number of hydrogen-bond donors (Lipinski definition) is 0. The standard InChI is InChI=1S/C6H5.C4H9.Al.2H/c1-2-4-6-5-3-1;1-3-4-2;;;/h1-5H;1,3-4H2,2H3;;;. The summed E-state index contributed by atoms with van der Waals surface area (Å²) in [7, 11) is 0. The van der Waals surface area contributed by atoms with Crippen LogP contribution in [0.25, 0.3) is 0 Å². The third kappa shape index (κ3) is 9.75. The third-order valence-corrected chi connectivity index (χ3v) is 2.02. The van der Waals surface area contributed by atoms with Gasteiger partial charge in [0.15, 0.2) is 0 Å². The second kappa shape index (κ2) is 9.75. The summed E-state index contributed by atoms with van der Waals surface area (Å²) < 4.78 is 0. The average Bonchev–Trinajstić information content (AvgIpc) is 2.10. The summed E-state index contributed by atoms with van der Waals surface area (Å²) in [6, 6.07) is 12.5. The highest BCUT2D eigenvalue weighted by Gasteiger charge is 1.69. The fourth-order valence-corrected chi connectivity index (χ4v) is 1.40. The lowest BCUT2D eigenvalue weighted by atomic mass is 10.4. The van der Waals surface area contributed by atoms with Gasteiger partial charge in [0, 0.05) is 0 Å². The first-order chi connectivity index (χ1) is 5.41. The molecule has 1 radical (unpaired) electrons. The quantitative estimate of drug-likeness (QED) is 0.587. The lowest BCUT2D eigenvalue weighted by Crippen LogP contribution is -1.63. The van der Waals surface area contributed by atoms with Gasteiger partial charge in [-0.3, -0.25) is 0 Å². The Morgan fingerprint density at radius 1 is 1.18 bits per heavy atom. The Morgan fingerprint density at radius 2 is 1.82 bits per heavy atom. The van der Waals surface area contributed by atoms with Gasteiger partial charge < -0.3 is 0 Å². The first-order valence-electron chi connectivity index (χ1n) is 4.32. The van der Waals surface area contributed by atoms with E-state index in [1.807, 2.05) is 30.3 Å². The van der Waals surface area contributed by atoms with Gasteiger partial charge in [-0.15, -0.1) is 5.28 Å². The molecule has 0 fully saturated rings. The van der Waals surface area contributed by atoms with Crippen LogP contribution in [0.1, 0.15) is 19.8 Å². The molecule has 0 aliphatic carbocycles. The predicted octanol–water partition coefficient (Wildman–Crippen LogP) is 2.32. The van der Waals surface area contributed by atoms with Crippen LogP contribution in [0.2, 0.25) is 5.28 Å². The molecule has 0 heterocycles. The Morgan fingerprint density at radius 3 is 1.91 bits per heavy atom. The number of hydrogen-bond acceptors (Lipinski definition) is 0. The van der Waals surface area contributed by atoms with Crippen molar-refractivity contribution in [2.24, 2.45) is 0 Å². The van der Waals surface area contributed by atoms with Crippen molar-refractivity contribution in [3.63, 3.8) is 0 Å². The predicted molar refractivity (Wildman–Crippen MR) is 53.5 cm³/mol. The molecule has 0 spiro atoms. The van der Waals surface area contributed by atoms with Gasteiger partial charge in [-0.2, -0.15) is 0 Å². The fraction of sp³-hybridized carbons (Fsp3) is 0.400. The molecule has 11 heavy (non-hydrogen) atoms. The molecule has 1 rings (SSSR count). The zero-order chi connectivity index (χ0) is 8.36. The maximum atomic E-state index is 2.89. The van der Waals surface area contributed by atoms with Gasteiger partial charge in [0.05, 0.1) is 0 Å². The SMILES string of the molecule is CCC[CH2][AlH2].[c]1ccccc1. The Hall–Kier alpha value is -0.248. The summed E-state index contributed by atoms with van der Waals surface area (Å²) >= 11 is 1.40. The summed E-state index contributed by atoms with van der Waals surface area (Å²) in [5.74, 6) is 0. The van der Waals surface area contributed by atoms with Crippen molar-refractivity contribution in [3.05, 3.63) is 36.4 Å². The lowest BCUT2D eigenvalue weighted by molar-refractivity contribution is 0.884. The Labute approximate surface area is 78.1 Å². The van der Waals surface area contributed by atoms with Crippen molar-refractivity contribution in [1.29, 1.82) is 0 Å². The molecular formula is C10H16Al. The van der Waals surface area contributed by atoms with Crippen molar-refractivity contribution in [2.75, 3.05) is 0 Å². The van der Waals surface area contributed by atoms with Gasteiger partial charge in [0.1, 0.15) is 0 Å². The summed E-state index contributed by atoms with van der Waals surface area (Å²) in [4.78, 5) is 0. The van der Waals surface area contributed by atoms with E-state index in [0.717, 1.165) is 0 Å². The first kappa shape index (κ1) is 10.8. The van der Waals surface area contributed by atoms with Crippen molar-refractivity contribution >= 4 is 16.3 Å². The van der Waals surface area contributed by atoms with Gasteiger partial charge in [0.2, 0.25) is 16.3 Å². The van der Waals surface area contributed by atoms with E-state index in [1.165, 1.54) is 34.4 Å². The first-order valence-corrected chi connectivity index (χ1v) is 5.74. The van der Waals surface area contributed by atoms with Gasteiger partial charge in [-0.1, -0.05) is 50.1 Å². The summed E-state index contributed by atoms with van der Waals surface area (Å²) in [6.07, 6.45) is 2.83. The molecule has 0 unspecified atom stereocenters. The van der Waals surface area contributed by atoms with E-state index in [-0.39, 0.29) is 0 Å². The molecule has 1 heteroatoms. The smallest absolute Gasteiger partial charge is 0.101 e. The highest BCUT2D eigenvalue weighted by molar-refractivity contribution is 6.08. The highest BCUT2D eigenvalue weighted by atomic mass is 27.0. The van der Waals surface area contributed by atoms with Gasteiger partial charge in [-0.25, -0.2) is 0 Å². The topological polar surface area (TPSA) is 0 Å². The van der Waals surface area contributed by atoms with E-state index in [9.17, 15) is 0 Å². The van der Waals surface area contributed by atoms with Crippen LogP contribution in [0.15, 0.2) is 30.3 Å². The second-order valence-electron chi connectivity index (χ2n) is 2.43. The van der Waals surface area contributed by atoms with Crippen LogP contribution >= 0.6 is 0 Å². The fourth-order valence-electron chi connectivity index (χ4n) is 0.695. The molecule has 0 aliphatic heterocycles. The molecule has 0 N–H and O–H groups in total. The second-order valence-corrected chi connectivity index (χ2v) is 3.43. The van der Waals surface area contributed by atoms with E-state index < -0.39 is 0 Å². The normalized spacial score (nSPS) is 8.09. The molecule has 0 atom stereocenters. The van der Waals surface area contributed by atoms with Crippen molar-refractivity contribution in [2.45, 2.75) is 25.0 Å². The van der Waals surface area contributed by atoms with Gasteiger partial charge in [0.25, 0.3) is 0 Å². The van der Waals surface area contributed by atoms with E-state index >= 15 is 0 Å². The van der Waals surface area contributed by atoms with Crippen LogP contribution in [0, 0.1) is 6.07 Å². The van der Waals surface area contributed by atoms with E-state index in [0.29, 0.717) is 0 Å². The van der Waals surface area contributed by atoms with E-state index in [4.69, 9.17) is 0 Å². The van der Waals surface area contributed by atoms with Crippen molar-refractivity contribution in [3.8, 4) is 0 Å². The van der Waals surface area contributed by atoms with Crippen LogP contribution in [0.4, 0.5) is 0 Å². The van der Waals surface area contributed by atoms with Crippen LogP contribution < -0.4 is 0 Å². The molecule has 0 bridgehead atoms. The van der Waals surface area contributed by atoms with Crippen LogP contribution in [-0.4, -0.2) is 16.3 Å². The minimum absolute atomic E-state index is 1.38. The monoisotopic (exact) mass is 163 g/mol. The number of rotatable bonds is 2. The summed E-state index contributed by atoms with van der Waals surface area (Å²) in [5.41, 5.74) is 0. The molecule has 0 aromatic heterocycles. The Kier molecular flexibility index (Phi) is 9.53. The molecule has 0 saturated carbocycles. The molecular weight excluding hydrogens is 147 g/mol. The van der Waals surface area contributed by atoms with E-state index in [1.54, 1.807) is 0 Å². The summed E-state index contributed by atoms with van der Waals surface area (Å²) in [5, 5.41) is 1.48. The lowest BCUT2D eigenvalue weighted by Gasteiger charge is -1.78. The number of benzene rings is 1. The summed E-state index contributed by atoms with van der Waals surface area (Å²) in [6.45, 7) is 2.23. The minimum atomic E-state index is 1.38. The third-order valence-electron chi connectivity index (χ3n) is 1.31. The zero-order valence-corrected chi connectivity index (χ0v) is 9.51. The van der Waals surface area contributed by atoms with Gasteiger partial charge >= 0.3 is 0 Å². The van der Waals surface area contributed by atoms with Gasteiger partial charge in [-0.05, 0) is 6.07 Å². The average molecular weight is 163 g/mol. The maximum absolute atomic E-state index is 2.89. The molecule has 59 valence electrons. The van der Waals surface area contributed by atoms with Crippen molar-refractivity contribution in [1.82, 2.24) is 0 Å². The molecule has 0 nitrogen and oxygen atoms in total. The zero-order valence-electron chi connectivity index (χ0n) is 7.51. The molecule has 0 amide bonds. The van der Waals surface area contributed by atoms with Crippen LogP contribution in [0.3, 0.4) is 0 Å². The molecule has 0 saturated heterocycles. The molecule has 0 aliphatic rings. The maximum Gasteiger partial charge on any atom is 0.211 e. The van der Waals surface area contributed by atoms with Crippen LogP contribution in [0.5, 0.6) is 0 Å².